The first kappa shape index (κ1) is 18.5. The van der Waals surface area contributed by atoms with Gasteiger partial charge in [-0.05, 0) is 37.6 Å². The predicted octanol–water partition coefficient (Wildman–Crippen LogP) is 2.52. The minimum Gasteiger partial charge on any atom is -0.337 e. The van der Waals surface area contributed by atoms with Gasteiger partial charge in [-0.15, -0.1) is 0 Å². The molecule has 2 saturated heterocycles. The lowest BCUT2D eigenvalue weighted by Crippen LogP contribution is -2.36. The maximum absolute atomic E-state index is 13.8. The van der Waals surface area contributed by atoms with E-state index < -0.39 is 0 Å². The summed E-state index contributed by atoms with van der Waals surface area (Å²) < 4.78 is 13.8. The van der Waals surface area contributed by atoms with Gasteiger partial charge in [-0.3, -0.25) is 9.59 Å². The summed E-state index contributed by atoms with van der Waals surface area (Å²) in [6.07, 6.45) is 0. The van der Waals surface area contributed by atoms with Crippen LogP contribution in [-0.4, -0.2) is 51.2 Å². The number of fused-ring (bicyclic) bond motifs is 1. The summed E-state index contributed by atoms with van der Waals surface area (Å²) in [7, 11) is 0. The van der Waals surface area contributed by atoms with Gasteiger partial charge in [0.15, 0.2) is 0 Å². The number of rotatable bonds is 2. The molecule has 2 fully saturated rings. The summed E-state index contributed by atoms with van der Waals surface area (Å²) in [5.74, 6) is 0.369. The molecule has 0 radical (unpaired) electrons. The van der Waals surface area contributed by atoms with Crippen molar-refractivity contribution in [1.29, 1.82) is 0 Å². The highest BCUT2D eigenvalue weighted by molar-refractivity contribution is 5.92. The zero-order valence-electron chi connectivity index (χ0n) is 16.2. The molecule has 2 aliphatic heterocycles. The van der Waals surface area contributed by atoms with Crippen LogP contribution in [0.3, 0.4) is 0 Å². The largest absolute Gasteiger partial charge is 0.337 e. The highest BCUT2D eigenvalue weighted by Crippen LogP contribution is 2.45. The van der Waals surface area contributed by atoms with Crippen molar-refractivity contribution in [3.05, 3.63) is 58.9 Å². The summed E-state index contributed by atoms with van der Waals surface area (Å²) in [6, 6.07) is 7.90. The Kier molecular flexibility index (Phi) is 4.61. The molecule has 0 spiro atoms. The number of hydrogen-bond acceptors (Lipinski definition) is 4. The van der Waals surface area contributed by atoms with E-state index in [0.717, 1.165) is 11.3 Å². The molecular formula is C21H23FN4O2. The Hall–Kier alpha value is -2.83. The molecule has 7 heteroatoms. The Morgan fingerprint density at radius 2 is 1.89 bits per heavy atom. The Labute approximate surface area is 163 Å². The monoisotopic (exact) mass is 382 g/mol. The molecule has 0 unspecified atom stereocenters. The fraction of sp³-hybridized carbons (Fsp3) is 0.429. The van der Waals surface area contributed by atoms with Crippen molar-refractivity contribution in [3.63, 3.8) is 0 Å². The summed E-state index contributed by atoms with van der Waals surface area (Å²) in [5.41, 5.74) is 1.94. The molecular weight excluding hydrogens is 359 g/mol. The van der Waals surface area contributed by atoms with Crippen molar-refractivity contribution in [2.24, 2.45) is 11.8 Å². The van der Waals surface area contributed by atoms with Crippen molar-refractivity contribution in [3.8, 4) is 0 Å². The van der Waals surface area contributed by atoms with E-state index in [1.54, 1.807) is 30.9 Å². The molecule has 2 aromatic rings. The van der Waals surface area contributed by atoms with Crippen LogP contribution in [0.4, 0.5) is 4.39 Å². The fourth-order valence-corrected chi connectivity index (χ4v) is 4.64. The fourth-order valence-electron chi connectivity index (χ4n) is 4.64. The summed E-state index contributed by atoms with van der Waals surface area (Å²) >= 11 is 0. The number of halogens is 1. The Morgan fingerprint density at radius 3 is 2.57 bits per heavy atom. The van der Waals surface area contributed by atoms with Gasteiger partial charge in [0.25, 0.3) is 5.91 Å². The van der Waals surface area contributed by atoms with E-state index in [4.69, 9.17) is 0 Å². The number of amides is 2. The average Bonchev–Trinajstić information content (AvgIpc) is 3.18. The van der Waals surface area contributed by atoms with E-state index in [0.29, 0.717) is 31.2 Å². The maximum Gasteiger partial charge on any atom is 0.272 e. The van der Waals surface area contributed by atoms with E-state index in [1.807, 2.05) is 17.9 Å². The molecule has 3 atom stereocenters. The van der Waals surface area contributed by atoms with Gasteiger partial charge in [-0.25, -0.2) is 14.4 Å². The number of hydrogen-bond donors (Lipinski definition) is 0. The number of aromatic nitrogens is 2. The molecule has 0 saturated carbocycles. The van der Waals surface area contributed by atoms with Crippen LogP contribution in [0.2, 0.25) is 0 Å². The maximum atomic E-state index is 13.8. The molecule has 2 amide bonds. The standard InChI is InChI=1S/C21H23FN4O2/c1-12-7-19(24-13(2)23-12)21(28)25-9-16-10-26(14(3)27)20(18(16)11-25)15-5-4-6-17(22)8-15/h4-8,16,18,20H,9-11H2,1-3H3/t16-,18-,20+/m1/s1. The van der Waals surface area contributed by atoms with Crippen LogP contribution in [0.25, 0.3) is 0 Å². The van der Waals surface area contributed by atoms with Crippen LogP contribution in [0.1, 0.15) is 40.5 Å². The Balaban J connectivity index is 1.61. The van der Waals surface area contributed by atoms with Gasteiger partial charge in [0, 0.05) is 44.1 Å². The second-order valence-electron chi connectivity index (χ2n) is 7.75. The van der Waals surface area contributed by atoms with Crippen LogP contribution >= 0.6 is 0 Å². The SMILES string of the molecule is CC(=O)N1C[C@H]2CN(C(=O)c3cc(C)nc(C)n3)C[C@H]2[C@@H]1c1cccc(F)c1. The zero-order valence-corrected chi connectivity index (χ0v) is 16.2. The van der Waals surface area contributed by atoms with Gasteiger partial charge in [-0.1, -0.05) is 12.1 Å². The molecule has 6 nitrogen and oxygen atoms in total. The summed E-state index contributed by atoms with van der Waals surface area (Å²) in [6.45, 7) is 6.83. The predicted molar refractivity (Wildman–Crippen MR) is 101 cm³/mol. The van der Waals surface area contributed by atoms with Crippen LogP contribution in [-0.2, 0) is 4.79 Å². The minimum absolute atomic E-state index is 0.0245. The molecule has 4 rings (SSSR count). The van der Waals surface area contributed by atoms with Crippen molar-refractivity contribution >= 4 is 11.8 Å². The lowest BCUT2D eigenvalue weighted by Gasteiger charge is -2.29. The van der Waals surface area contributed by atoms with E-state index in [-0.39, 0.29) is 35.5 Å². The lowest BCUT2D eigenvalue weighted by atomic mass is 9.89. The molecule has 0 bridgehead atoms. The quantitative estimate of drug-likeness (QED) is 0.801. The number of aryl methyl sites for hydroxylation is 2. The molecule has 3 heterocycles. The first-order valence-electron chi connectivity index (χ1n) is 9.47. The van der Waals surface area contributed by atoms with Crippen molar-refractivity contribution in [2.45, 2.75) is 26.8 Å². The molecule has 2 aliphatic rings. The van der Waals surface area contributed by atoms with Crippen LogP contribution in [0.15, 0.2) is 30.3 Å². The van der Waals surface area contributed by atoms with Crippen LogP contribution in [0, 0.1) is 31.5 Å². The van der Waals surface area contributed by atoms with E-state index in [9.17, 15) is 14.0 Å². The molecule has 146 valence electrons. The number of carbonyl (C=O) groups excluding carboxylic acids is 2. The summed E-state index contributed by atoms with van der Waals surface area (Å²) in [5, 5.41) is 0. The number of likely N-dealkylation sites (tertiary alicyclic amines) is 2. The molecule has 28 heavy (non-hydrogen) atoms. The van der Waals surface area contributed by atoms with Gasteiger partial charge in [0.2, 0.25) is 5.91 Å². The topological polar surface area (TPSA) is 66.4 Å². The van der Waals surface area contributed by atoms with Crippen molar-refractivity contribution in [1.82, 2.24) is 19.8 Å². The minimum atomic E-state index is -0.317. The number of nitrogens with zero attached hydrogens (tertiary/aromatic N) is 4. The van der Waals surface area contributed by atoms with Crippen LogP contribution < -0.4 is 0 Å². The van der Waals surface area contributed by atoms with Gasteiger partial charge >= 0.3 is 0 Å². The lowest BCUT2D eigenvalue weighted by molar-refractivity contribution is -0.130. The van der Waals surface area contributed by atoms with Gasteiger partial charge in [0.05, 0.1) is 6.04 Å². The van der Waals surface area contributed by atoms with E-state index in [1.165, 1.54) is 12.1 Å². The zero-order chi connectivity index (χ0) is 20.0. The second kappa shape index (κ2) is 6.96. The van der Waals surface area contributed by atoms with E-state index in [2.05, 4.69) is 9.97 Å². The van der Waals surface area contributed by atoms with Crippen molar-refractivity contribution in [2.75, 3.05) is 19.6 Å². The number of benzene rings is 1. The smallest absolute Gasteiger partial charge is 0.272 e. The summed E-state index contributed by atoms with van der Waals surface area (Å²) in [4.78, 5) is 37.3. The van der Waals surface area contributed by atoms with Crippen molar-refractivity contribution < 1.29 is 14.0 Å². The Bertz CT molecular complexity index is 928. The average molecular weight is 382 g/mol. The highest BCUT2D eigenvalue weighted by Gasteiger charge is 2.49. The van der Waals surface area contributed by atoms with Gasteiger partial charge in [0.1, 0.15) is 17.3 Å². The second-order valence-corrected chi connectivity index (χ2v) is 7.75. The van der Waals surface area contributed by atoms with Crippen LogP contribution in [0.5, 0.6) is 0 Å². The first-order chi connectivity index (χ1) is 13.3. The third kappa shape index (κ3) is 3.25. The normalized spacial score (nSPS) is 23.8. The van der Waals surface area contributed by atoms with Gasteiger partial charge < -0.3 is 9.80 Å². The molecule has 1 aromatic carbocycles. The third-order valence-corrected chi connectivity index (χ3v) is 5.73. The third-order valence-electron chi connectivity index (χ3n) is 5.73. The Morgan fingerprint density at radius 1 is 1.11 bits per heavy atom. The molecule has 0 N–H and O–H groups in total. The number of carbonyl (C=O) groups is 2. The molecule has 0 aliphatic carbocycles. The van der Waals surface area contributed by atoms with E-state index >= 15 is 0 Å². The highest BCUT2D eigenvalue weighted by atomic mass is 19.1. The first-order valence-corrected chi connectivity index (χ1v) is 9.47. The van der Waals surface area contributed by atoms with Gasteiger partial charge in [-0.2, -0.15) is 0 Å². The molecule has 1 aromatic heterocycles.